The molecule has 0 aliphatic carbocycles. The minimum absolute atomic E-state index is 0.201. The molecule has 1 amide bonds. The Hall–Kier alpha value is -1.55. The van der Waals surface area contributed by atoms with Crippen LogP contribution in [0.4, 0.5) is 0 Å². The highest BCUT2D eigenvalue weighted by Gasteiger charge is 2.45. The topological polar surface area (TPSA) is 64.3 Å². The number of nitrogens with two attached hydrogens (primary N) is 1. The largest absolute Gasteiger partial charge is 0.496 e. The van der Waals surface area contributed by atoms with Crippen LogP contribution in [0.3, 0.4) is 0 Å². The van der Waals surface area contributed by atoms with Crippen molar-refractivity contribution in [3.8, 4) is 5.75 Å². The third-order valence-electron chi connectivity index (χ3n) is 3.92. The Bertz CT molecular complexity index is 473. The number of amides is 1. The molecule has 98 valence electrons. The Balaban J connectivity index is 2.52. The first-order valence-corrected chi connectivity index (χ1v) is 6.14. The van der Waals surface area contributed by atoms with Crippen molar-refractivity contribution in [3.05, 3.63) is 29.3 Å². The van der Waals surface area contributed by atoms with E-state index >= 15 is 0 Å². The highest BCUT2D eigenvalue weighted by Crippen LogP contribution is 2.40. The fraction of sp³-hybridized carbons (Fsp3) is 0.500. The summed E-state index contributed by atoms with van der Waals surface area (Å²) in [6.07, 6.45) is 0. The van der Waals surface area contributed by atoms with Crippen molar-refractivity contribution >= 4 is 5.91 Å². The minimum atomic E-state index is -0.302. The van der Waals surface area contributed by atoms with Gasteiger partial charge in [0.05, 0.1) is 13.0 Å². The molecule has 0 spiro atoms. The number of nitrogens with one attached hydrogen (secondary N) is 1. The van der Waals surface area contributed by atoms with Crippen LogP contribution in [0.1, 0.15) is 18.1 Å². The first-order chi connectivity index (χ1) is 8.49. The van der Waals surface area contributed by atoms with Crippen LogP contribution < -0.4 is 15.8 Å². The van der Waals surface area contributed by atoms with Crippen LogP contribution in [0, 0.1) is 12.8 Å². The van der Waals surface area contributed by atoms with Crippen LogP contribution in [0.2, 0.25) is 0 Å². The number of rotatable bonds is 3. The van der Waals surface area contributed by atoms with E-state index in [1.807, 2.05) is 19.1 Å². The standard InChI is InChI=1S/C14H20N2O2/c1-9-4-5-12(18-3)10(6-9)14(2)8-16-7-11(14)13(15)17/h4-6,11,16H,7-8H2,1-3H3,(H2,15,17). The van der Waals surface area contributed by atoms with E-state index < -0.39 is 0 Å². The zero-order valence-electron chi connectivity index (χ0n) is 11.1. The number of ether oxygens (including phenoxy) is 1. The first-order valence-electron chi connectivity index (χ1n) is 6.14. The van der Waals surface area contributed by atoms with E-state index in [0.29, 0.717) is 6.54 Å². The predicted molar refractivity (Wildman–Crippen MR) is 70.6 cm³/mol. The molecule has 0 saturated carbocycles. The van der Waals surface area contributed by atoms with Crippen LogP contribution >= 0.6 is 0 Å². The maximum absolute atomic E-state index is 11.6. The lowest BCUT2D eigenvalue weighted by Gasteiger charge is -2.31. The first kappa shape index (κ1) is 12.9. The molecule has 1 aliphatic rings. The second-order valence-electron chi connectivity index (χ2n) is 5.21. The molecule has 18 heavy (non-hydrogen) atoms. The van der Waals surface area contributed by atoms with E-state index in [-0.39, 0.29) is 17.2 Å². The lowest BCUT2D eigenvalue weighted by atomic mass is 9.73. The second-order valence-corrected chi connectivity index (χ2v) is 5.21. The number of benzene rings is 1. The number of hydrogen-bond donors (Lipinski definition) is 2. The summed E-state index contributed by atoms with van der Waals surface area (Å²) in [7, 11) is 1.65. The van der Waals surface area contributed by atoms with Gasteiger partial charge in [0, 0.05) is 24.1 Å². The van der Waals surface area contributed by atoms with Crippen molar-refractivity contribution in [2.45, 2.75) is 19.3 Å². The fourth-order valence-corrected chi connectivity index (χ4v) is 2.79. The SMILES string of the molecule is COc1ccc(C)cc1C1(C)CNCC1C(N)=O. The Labute approximate surface area is 108 Å². The quantitative estimate of drug-likeness (QED) is 0.837. The highest BCUT2D eigenvalue weighted by molar-refractivity contribution is 5.79. The van der Waals surface area contributed by atoms with Crippen LogP contribution in [-0.4, -0.2) is 26.1 Å². The number of methoxy groups -OCH3 is 1. The molecule has 2 unspecified atom stereocenters. The summed E-state index contributed by atoms with van der Waals surface area (Å²) >= 11 is 0. The van der Waals surface area contributed by atoms with Crippen molar-refractivity contribution in [3.63, 3.8) is 0 Å². The van der Waals surface area contributed by atoms with Gasteiger partial charge in [-0.2, -0.15) is 0 Å². The maximum atomic E-state index is 11.6. The highest BCUT2D eigenvalue weighted by atomic mass is 16.5. The van der Waals surface area contributed by atoms with Gasteiger partial charge >= 0.3 is 0 Å². The molecule has 2 rings (SSSR count). The van der Waals surface area contributed by atoms with Gasteiger partial charge < -0.3 is 15.8 Å². The molecule has 3 N–H and O–H groups in total. The van der Waals surface area contributed by atoms with E-state index in [2.05, 4.69) is 18.3 Å². The summed E-state index contributed by atoms with van der Waals surface area (Å²) in [5.41, 5.74) is 7.43. The van der Waals surface area contributed by atoms with E-state index in [9.17, 15) is 4.79 Å². The van der Waals surface area contributed by atoms with Crippen LogP contribution in [0.15, 0.2) is 18.2 Å². The molecule has 0 radical (unpaired) electrons. The normalized spacial score (nSPS) is 27.2. The molecule has 1 saturated heterocycles. The van der Waals surface area contributed by atoms with Crippen LogP contribution in [0.5, 0.6) is 5.75 Å². The number of carbonyl (C=O) groups excluding carboxylic acids is 1. The zero-order chi connectivity index (χ0) is 13.3. The summed E-state index contributed by atoms with van der Waals surface area (Å²) in [5, 5.41) is 3.26. The van der Waals surface area contributed by atoms with Gasteiger partial charge in [-0.1, -0.05) is 24.6 Å². The number of primary amides is 1. The summed E-state index contributed by atoms with van der Waals surface area (Å²) < 4.78 is 5.43. The summed E-state index contributed by atoms with van der Waals surface area (Å²) in [5.74, 6) is 0.359. The molecule has 4 nitrogen and oxygen atoms in total. The van der Waals surface area contributed by atoms with Crippen molar-refractivity contribution in [1.82, 2.24) is 5.32 Å². The molecular formula is C14H20N2O2. The summed E-state index contributed by atoms with van der Waals surface area (Å²) in [6, 6.07) is 6.04. The third-order valence-corrected chi connectivity index (χ3v) is 3.92. The minimum Gasteiger partial charge on any atom is -0.496 e. The molecule has 0 aromatic heterocycles. The van der Waals surface area contributed by atoms with Crippen molar-refractivity contribution in [2.24, 2.45) is 11.7 Å². The molecular weight excluding hydrogens is 228 g/mol. The molecule has 1 aromatic carbocycles. The average Bonchev–Trinajstić information content (AvgIpc) is 2.72. The average molecular weight is 248 g/mol. The van der Waals surface area contributed by atoms with Crippen molar-refractivity contribution in [2.75, 3.05) is 20.2 Å². The molecule has 4 heteroatoms. The van der Waals surface area contributed by atoms with Gasteiger partial charge in [0.15, 0.2) is 0 Å². The summed E-state index contributed by atoms with van der Waals surface area (Å²) in [6.45, 7) is 5.47. The van der Waals surface area contributed by atoms with Gasteiger partial charge in [-0.15, -0.1) is 0 Å². The molecule has 1 aliphatic heterocycles. The molecule has 0 bridgehead atoms. The Kier molecular flexibility index (Phi) is 3.30. The van der Waals surface area contributed by atoms with Gasteiger partial charge in [-0.25, -0.2) is 0 Å². The van der Waals surface area contributed by atoms with Gasteiger partial charge in [0.1, 0.15) is 5.75 Å². The molecule has 1 fully saturated rings. The van der Waals surface area contributed by atoms with Crippen LogP contribution in [0.25, 0.3) is 0 Å². The summed E-state index contributed by atoms with van der Waals surface area (Å²) in [4.78, 5) is 11.6. The van der Waals surface area contributed by atoms with Gasteiger partial charge in [-0.3, -0.25) is 4.79 Å². The molecule has 2 atom stereocenters. The monoisotopic (exact) mass is 248 g/mol. The number of carbonyl (C=O) groups is 1. The Morgan fingerprint density at radius 1 is 1.56 bits per heavy atom. The lowest BCUT2D eigenvalue weighted by molar-refractivity contribution is -0.122. The lowest BCUT2D eigenvalue weighted by Crippen LogP contribution is -2.40. The van der Waals surface area contributed by atoms with E-state index in [1.165, 1.54) is 0 Å². The van der Waals surface area contributed by atoms with Crippen molar-refractivity contribution in [1.29, 1.82) is 0 Å². The van der Waals surface area contributed by atoms with E-state index in [4.69, 9.17) is 10.5 Å². The smallest absolute Gasteiger partial charge is 0.222 e. The van der Waals surface area contributed by atoms with E-state index in [1.54, 1.807) is 7.11 Å². The molecule has 1 aromatic rings. The molecule has 1 heterocycles. The Morgan fingerprint density at radius 3 is 2.89 bits per heavy atom. The Morgan fingerprint density at radius 2 is 2.28 bits per heavy atom. The van der Waals surface area contributed by atoms with Crippen molar-refractivity contribution < 1.29 is 9.53 Å². The van der Waals surface area contributed by atoms with Gasteiger partial charge in [0.25, 0.3) is 0 Å². The third kappa shape index (κ3) is 1.97. The second kappa shape index (κ2) is 4.61. The van der Waals surface area contributed by atoms with Gasteiger partial charge in [0.2, 0.25) is 5.91 Å². The maximum Gasteiger partial charge on any atom is 0.222 e. The van der Waals surface area contributed by atoms with E-state index in [0.717, 1.165) is 23.4 Å². The zero-order valence-corrected chi connectivity index (χ0v) is 11.1. The number of aryl methyl sites for hydroxylation is 1. The number of hydrogen-bond acceptors (Lipinski definition) is 3. The fourth-order valence-electron chi connectivity index (χ4n) is 2.79. The van der Waals surface area contributed by atoms with Crippen LogP contribution in [-0.2, 0) is 10.2 Å². The van der Waals surface area contributed by atoms with Gasteiger partial charge in [-0.05, 0) is 13.0 Å². The predicted octanol–water partition coefficient (Wildman–Crippen LogP) is 0.966.